The Morgan fingerprint density at radius 3 is 2.55 bits per heavy atom. The van der Waals surface area contributed by atoms with Crippen LogP contribution >= 0.6 is 0 Å². The van der Waals surface area contributed by atoms with E-state index in [1.165, 1.54) is 0 Å². The highest BCUT2D eigenvalue weighted by Crippen LogP contribution is 2.01. The zero-order valence-electron chi connectivity index (χ0n) is 12.3. The molecule has 0 aliphatic carbocycles. The SMILES string of the molecule is CN1CCN(CCCNC(=O)Cc2ccccc2)CC1. The average molecular weight is 275 g/mol. The maximum atomic E-state index is 11.8. The van der Waals surface area contributed by atoms with E-state index in [2.05, 4.69) is 22.2 Å². The van der Waals surface area contributed by atoms with Crippen molar-refractivity contribution < 1.29 is 4.79 Å². The average Bonchev–Trinajstić information content (AvgIpc) is 2.46. The topological polar surface area (TPSA) is 35.6 Å². The summed E-state index contributed by atoms with van der Waals surface area (Å²) in [6.07, 6.45) is 1.51. The number of carbonyl (C=O) groups excluding carboxylic acids is 1. The van der Waals surface area contributed by atoms with Gasteiger partial charge in [0.05, 0.1) is 6.42 Å². The second-order valence-electron chi connectivity index (χ2n) is 5.51. The number of rotatable bonds is 6. The van der Waals surface area contributed by atoms with E-state index >= 15 is 0 Å². The summed E-state index contributed by atoms with van der Waals surface area (Å²) in [4.78, 5) is 16.6. The summed E-state index contributed by atoms with van der Waals surface area (Å²) in [7, 11) is 2.17. The number of hydrogen-bond donors (Lipinski definition) is 1. The van der Waals surface area contributed by atoms with Crippen LogP contribution in [0.25, 0.3) is 0 Å². The van der Waals surface area contributed by atoms with E-state index in [1.54, 1.807) is 0 Å². The Morgan fingerprint density at radius 2 is 1.85 bits per heavy atom. The van der Waals surface area contributed by atoms with Gasteiger partial charge in [-0.3, -0.25) is 4.79 Å². The molecule has 0 radical (unpaired) electrons. The number of benzene rings is 1. The Balaban J connectivity index is 1.56. The molecule has 1 N–H and O–H groups in total. The maximum absolute atomic E-state index is 11.8. The molecule has 1 aliphatic rings. The molecule has 1 aromatic carbocycles. The molecule has 1 aromatic rings. The van der Waals surface area contributed by atoms with Crippen molar-refractivity contribution in [3.63, 3.8) is 0 Å². The molecule has 1 saturated heterocycles. The molecule has 1 heterocycles. The number of hydrogen-bond acceptors (Lipinski definition) is 3. The Kier molecular flexibility index (Phi) is 6.02. The van der Waals surface area contributed by atoms with Gasteiger partial charge in [0.25, 0.3) is 0 Å². The van der Waals surface area contributed by atoms with Crippen molar-refractivity contribution in [3.8, 4) is 0 Å². The van der Waals surface area contributed by atoms with Crippen LogP contribution in [0.5, 0.6) is 0 Å². The second kappa shape index (κ2) is 8.02. The lowest BCUT2D eigenvalue weighted by molar-refractivity contribution is -0.120. The molecule has 4 nitrogen and oxygen atoms in total. The van der Waals surface area contributed by atoms with Crippen LogP contribution in [0.15, 0.2) is 30.3 Å². The van der Waals surface area contributed by atoms with Crippen LogP contribution in [0.3, 0.4) is 0 Å². The van der Waals surface area contributed by atoms with Gasteiger partial charge in [0.2, 0.25) is 5.91 Å². The molecule has 1 fully saturated rings. The fourth-order valence-electron chi connectivity index (χ4n) is 2.45. The van der Waals surface area contributed by atoms with Crippen LogP contribution in [-0.4, -0.2) is 62.0 Å². The van der Waals surface area contributed by atoms with Crippen LogP contribution < -0.4 is 5.32 Å². The Hall–Kier alpha value is -1.39. The van der Waals surface area contributed by atoms with Gasteiger partial charge in [0.1, 0.15) is 0 Å². The highest BCUT2D eigenvalue weighted by molar-refractivity contribution is 5.78. The van der Waals surface area contributed by atoms with Crippen LogP contribution in [-0.2, 0) is 11.2 Å². The van der Waals surface area contributed by atoms with Gasteiger partial charge in [-0.2, -0.15) is 0 Å². The third-order valence-corrected chi connectivity index (χ3v) is 3.78. The summed E-state index contributed by atoms with van der Waals surface area (Å²) in [5, 5.41) is 3.00. The van der Waals surface area contributed by atoms with E-state index in [0.29, 0.717) is 6.42 Å². The van der Waals surface area contributed by atoms with Crippen molar-refractivity contribution in [3.05, 3.63) is 35.9 Å². The van der Waals surface area contributed by atoms with E-state index in [-0.39, 0.29) is 5.91 Å². The smallest absolute Gasteiger partial charge is 0.224 e. The summed E-state index contributed by atoms with van der Waals surface area (Å²) in [6.45, 7) is 6.46. The first-order valence-electron chi connectivity index (χ1n) is 7.45. The van der Waals surface area contributed by atoms with Crippen molar-refractivity contribution in [2.75, 3.05) is 46.3 Å². The van der Waals surface area contributed by atoms with Gasteiger partial charge in [0.15, 0.2) is 0 Å². The summed E-state index contributed by atoms with van der Waals surface area (Å²) >= 11 is 0. The molecule has 4 heteroatoms. The van der Waals surface area contributed by atoms with E-state index in [0.717, 1.165) is 51.3 Å². The standard InChI is InChI=1S/C16H25N3O/c1-18-10-12-19(13-11-18)9-5-8-17-16(20)14-15-6-3-2-4-7-15/h2-4,6-7H,5,8-14H2,1H3,(H,17,20). The predicted molar refractivity (Wildman–Crippen MR) is 81.7 cm³/mol. The lowest BCUT2D eigenvalue weighted by Crippen LogP contribution is -2.45. The fraction of sp³-hybridized carbons (Fsp3) is 0.562. The monoisotopic (exact) mass is 275 g/mol. The minimum atomic E-state index is 0.120. The van der Waals surface area contributed by atoms with Crippen molar-refractivity contribution in [2.45, 2.75) is 12.8 Å². The van der Waals surface area contributed by atoms with Crippen molar-refractivity contribution >= 4 is 5.91 Å². The highest BCUT2D eigenvalue weighted by atomic mass is 16.1. The molecule has 0 saturated carbocycles. The Labute approximate surface area is 121 Å². The molecule has 0 atom stereocenters. The quantitative estimate of drug-likeness (QED) is 0.786. The van der Waals surface area contributed by atoms with Crippen molar-refractivity contribution in [1.29, 1.82) is 0 Å². The molecule has 0 aromatic heterocycles. The van der Waals surface area contributed by atoms with Gasteiger partial charge in [0, 0.05) is 32.7 Å². The number of nitrogens with zero attached hydrogens (tertiary/aromatic N) is 2. The molecule has 1 aliphatic heterocycles. The normalized spacial score (nSPS) is 17.1. The lowest BCUT2D eigenvalue weighted by Gasteiger charge is -2.32. The number of nitrogens with one attached hydrogen (secondary N) is 1. The van der Waals surface area contributed by atoms with Crippen LogP contribution in [0, 0.1) is 0 Å². The third-order valence-electron chi connectivity index (χ3n) is 3.78. The van der Waals surface area contributed by atoms with Gasteiger partial charge < -0.3 is 15.1 Å². The number of amides is 1. The third kappa shape index (κ3) is 5.31. The van der Waals surface area contributed by atoms with Crippen LogP contribution in [0.2, 0.25) is 0 Å². The summed E-state index contributed by atoms with van der Waals surface area (Å²) in [5.41, 5.74) is 1.07. The Morgan fingerprint density at radius 1 is 1.15 bits per heavy atom. The first-order chi connectivity index (χ1) is 9.74. The molecule has 1 amide bonds. The highest BCUT2D eigenvalue weighted by Gasteiger charge is 2.12. The first kappa shape index (κ1) is 15.0. The van der Waals surface area contributed by atoms with Crippen LogP contribution in [0.4, 0.5) is 0 Å². The minimum absolute atomic E-state index is 0.120. The molecular formula is C16H25N3O. The predicted octanol–water partition coefficient (Wildman–Crippen LogP) is 0.983. The lowest BCUT2D eigenvalue weighted by atomic mass is 10.1. The molecule has 110 valence electrons. The molecule has 0 unspecified atom stereocenters. The van der Waals surface area contributed by atoms with E-state index < -0.39 is 0 Å². The van der Waals surface area contributed by atoms with E-state index in [9.17, 15) is 4.79 Å². The minimum Gasteiger partial charge on any atom is -0.356 e. The Bertz CT molecular complexity index is 399. The second-order valence-corrected chi connectivity index (χ2v) is 5.51. The summed E-state index contributed by atoms with van der Waals surface area (Å²) in [6, 6.07) is 9.89. The molecular weight excluding hydrogens is 250 g/mol. The van der Waals surface area contributed by atoms with E-state index in [4.69, 9.17) is 0 Å². The van der Waals surface area contributed by atoms with Gasteiger partial charge in [-0.05, 0) is 25.6 Å². The zero-order chi connectivity index (χ0) is 14.2. The van der Waals surface area contributed by atoms with Crippen molar-refractivity contribution in [1.82, 2.24) is 15.1 Å². The summed E-state index contributed by atoms with van der Waals surface area (Å²) in [5.74, 6) is 0.120. The van der Waals surface area contributed by atoms with Gasteiger partial charge in [-0.1, -0.05) is 30.3 Å². The van der Waals surface area contributed by atoms with Gasteiger partial charge >= 0.3 is 0 Å². The van der Waals surface area contributed by atoms with Crippen LogP contribution in [0.1, 0.15) is 12.0 Å². The molecule has 20 heavy (non-hydrogen) atoms. The number of likely N-dealkylation sites (N-methyl/N-ethyl adjacent to an activating group) is 1. The fourth-order valence-corrected chi connectivity index (χ4v) is 2.45. The molecule has 0 bridgehead atoms. The van der Waals surface area contributed by atoms with Gasteiger partial charge in [-0.25, -0.2) is 0 Å². The van der Waals surface area contributed by atoms with E-state index in [1.807, 2.05) is 30.3 Å². The number of piperazine rings is 1. The van der Waals surface area contributed by atoms with Crippen molar-refractivity contribution in [2.24, 2.45) is 0 Å². The zero-order valence-corrected chi connectivity index (χ0v) is 12.3. The first-order valence-corrected chi connectivity index (χ1v) is 7.45. The summed E-state index contributed by atoms with van der Waals surface area (Å²) < 4.78 is 0. The van der Waals surface area contributed by atoms with Gasteiger partial charge in [-0.15, -0.1) is 0 Å². The number of carbonyl (C=O) groups is 1. The largest absolute Gasteiger partial charge is 0.356 e. The molecule has 2 rings (SSSR count). The maximum Gasteiger partial charge on any atom is 0.224 e. The molecule has 0 spiro atoms.